The number of hydrogen-bond donors (Lipinski definition) is 1. The summed E-state index contributed by atoms with van der Waals surface area (Å²) in [6.45, 7) is 6.92. The van der Waals surface area contributed by atoms with E-state index in [9.17, 15) is 10.4 Å². The highest BCUT2D eigenvalue weighted by Crippen LogP contribution is 2.60. The highest BCUT2D eigenvalue weighted by molar-refractivity contribution is 5.58. The van der Waals surface area contributed by atoms with Gasteiger partial charge in [0.2, 0.25) is 0 Å². The summed E-state index contributed by atoms with van der Waals surface area (Å²) < 4.78 is 0. The molecule has 1 unspecified atom stereocenters. The first-order valence-corrected chi connectivity index (χ1v) is 9.25. The number of nitriles is 1. The van der Waals surface area contributed by atoms with Crippen molar-refractivity contribution in [1.82, 2.24) is 0 Å². The average Bonchev–Trinajstić information content (AvgIpc) is 2.57. The third-order valence-electron chi connectivity index (χ3n) is 6.95. The molecule has 0 radical (unpaired) electrons. The molecule has 1 aromatic carbocycles. The fraction of sp³-hybridized carbons (Fsp3) is 0.591. The zero-order valence-electron chi connectivity index (χ0n) is 15.1. The molecule has 0 heterocycles. The first-order valence-electron chi connectivity index (χ1n) is 9.25. The van der Waals surface area contributed by atoms with E-state index < -0.39 is 0 Å². The van der Waals surface area contributed by atoms with E-state index in [1.165, 1.54) is 19.3 Å². The molecule has 2 aliphatic carbocycles. The third kappa shape index (κ3) is 2.80. The molecule has 0 amide bonds. The van der Waals surface area contributed by atoms with Crippen LogP contribution in [0.4, 0.5) is 0 Å². The summed E-state index contributed by atoms with van der Waals surface area (Å²) in [6.07, 6.45) is 9.97. The minimum atomic E-state index is -0.183. The lowest BCUT2D eigenvalue weighted by Gasteiger charge is -2.58. The third-order valence-corrected chi connectivity index (χ3v) is 6.95. The number of allylic oxidation sites excluding steroid dienone is 1. The zero-order chi connectivity index (χ0) is 17.4. The normalized spacial score (nSPS) is 35.4. The van der Waals surface area contributed by atoms with Gasteiger partial charge in [-0.05, 0) is 60.0 Å². The summed E-state index contributed by atoms with van der Waals surface area (Å²) in [5.74, 6) is 1.08. The van der Waals surface area contributed by atoms with E-state index in [1.807, 2.05) is 24.3 Å². The van der Waals surface area contributed by atoms with Gasteiger partial charge in [-0.25, -0.2) is 0 Å². The number of rotatable bonds is 2. The van der Waals surface area contributed by atoms with E-state index in [1.54, 1.807) is 0 Å². The molecular weight excluding hydrogens is 294 g/mol. The molecule has 0 aliphatic heterocycles. The molecule has 2 fully saturated rings. The van der Waals surface area contributed by atoms with Gasteiger partial charge in [0.15, 0.2) is 0 Å². The van der Waals surface area contributed by atoms with Crippen molar-refractivity contribution in [3.05, 3.63) is 41.5 Å². The largest absolute Gasteiger partial charge is 0.393 e. The van der Waals surface area contributed by atoms with Gasteiger partial charge in [-0.2, -0.15) is 5.26 Å². The Morgan fingerprint density at radius 2 is 1.92 bits per heavy atom. The van der Waals surface area contributed by atoms with Crippen molar-refractivity contribution in [2.45, 2.75) is 59.0 Å². The average molecular weight is 323 g/mol. The van der Waals surface area contributed by atoms with Crippen LogP contribution in [0, 0.1) is 34.0 Å². The van der Waals surface area contributed by atoms with Crippen LogP contribution in [0.25, 0.3) is 6.08 Å². The topological polar surface area (TPSA) is 44.0 Å². The van der Waals surface area contributed by atoms with Gasteiger partial charge in [-0.15, -0.1) is 0 Å². The fourth-order valence-electron chi connectivity index (χ4n) is 5.37. The number of nitrogens with zero attached hydrogens (tertiary/aromatic N) is 1. The van der Waals surface area contributed by atoms with Crippen molar-refractivity contribution in [2.75, 3.05) is 0 Å². The van der Waals surface area contributed by atoms with Crippen molar-refractivity contribution in [2.24, 2.45) is 22.7 Å². The Morgan fingerprint density at radius 1 is 1.17 bits per heavy atom. The predicted molar refractivity (Wildman–Crippen MR) is 98.2 cm³/mol. The summed E-state index contributed by atoms with van der Waals surface area (Å²) >= 11 is 0. The standard InChI is InChI=1S/C22H29NO/c1-21(2)19-10-6-9-18(22(19,3)14-13-20(21)24)12-11-16-7-4-5-8-17(16)15-23/h4-5,7-8,11-12,18-20,24H,6,9-10,13-14H2,1-3H3/b12-11+/t18-,19?,20+,22-/m1/s1. The Morgan fingerprint density at radius 3 is 2.67 bits per heavy atom. The van der Waals surface area contributed by atoms with Crippen molar-refractivity contribution < 1.29 is 5.11 Å². The van der Waals surface area contributed by atoms with Gasteiger partial charge in [0, 0.05) is 0 Å². The van der Waals surface area contributed by atoms with Crippen LogP contribution < -0.4 is 0 Å². The first kappa shape index (κ1) is 17.2. The number of fused-ring (bicyclic) bond motifs is 1. The SMILES string of the molecule is CC1(C)C2CCC[C@H](/C=C/c3ccccc3C#N)[C@@]2(C)CC[C@@H]1O. The summed E-state index contributed by atoms with van der Waals surface area (Å²) in [6, 6.07) is 10.1. The van der Waals surface area contributed by atoms with E-state index in [2.05, 4.69) is 39.0 Å². The minimum absolute atomic E-state index is 0.00985. The van der Waals surface area contributed by atoms with E-state index in [4.69, 9.17) is 0 Å². The van der Waals surface area contributed by atoms with Crippen molar-refractivity contribution in [1.29, 1.82) is 5.26 Å². The minimum Gasteiger partial charge on any atom is -0.393 e. The zero-order valence-corrected chi connectivity index (χ0v) is 15.1. The van der Waals surface area contributed by atoms with Crippen LogP contribution in [0.2, 0.25) is 0 Å². The van der Waals surface area contributed by atoms with Gasteiger partial charge in [0.25, 0.3) is 0 Å². The summed E-state index contributed by atoms with van der Waals surface area (Å²) in [7, 11) is 0. The molecule has 0 spiro atoms. The molecule has 3 rings (SSSR count). The molecule has 0 bridgehead atoms. The summed E-state index contributed by atoms with van der Waals surface area (Å²) in [5, 5.41) is 19.8. The summed E-state index contributed by atoms with van der Waals surface area (Å²) in [4.78, 5) is 0. The number of aliphatic hydroxyl groups excluding tert-OH is 1. The molecule has 0 saturated heterocycles. The Balaban J connectivity index is 1.89. The van der Waals surface area contributed by atoms with Crippen LogP contribution in [0.5, 0.6) is 0 Å². The van der Waals surface area contributed by atoms with Crippen LogP contribution in [-0.2, 0) is 0 Å². The van der Waals surface area contributed by atoms with Crippen LogP contribution in [0.15, 0.2) is 30.3 Å². The molecule has 0 aromatic heterocycles. The highest BCUT2D eigenvalue weighted by Gasteiger charge is 2.54. The lowest BCUT2D eigenvalue weighted by atomic mass is 9.47. The van der Waals surface area contributed by atoms with E-state index >= 15 is 0 Å². The maximum Gasteiger partial charge on any atom is 0.0997 e. The molecule has 2 heteroatoms. The molecular formula is C22H29NO. The molecule has 24 heavy (non-hydrogen) atoms. The van der Waals surface area contributed by atoms with E-state index in [0.717, 1.165) is 24.0 Å². The van der Waals surface area contributed by atoms with E-state index in [0.29, 0.717) is 11.8 Å². The second-order valence-corrected chi connectivity index (χ2v) is 8.53. The molecule has 128 valence electrons. The molecule has 2 nitrogen and oxygen atoms in total. The van der Waals surface area contributed by atoms with Gasteiger partial charge in [-0.1, -0.05) is 57.5 Å². The van der Waals surface area contributed by atoms with Crippen molar-refractivity contribution >= 4 is 6.08 Å². The van der Waals surface area contributed by atoms with Gasteiger partial charge >= 0.3 is 0 Å². The van der Waals surface area contributed by atoms with Gasteiger partial charge < -0.3 is 5.11 Å². The first-order chi connectivity index (χ1) is 11.4. The second-order valence-electron chi connectivity index (χ2n) is 8.53. The second kappa shape index (κ2) is 6.37. The van der Waals surface area contributed by atoms with Crippen molar-refractivity contribution in [3.8, 4) is 6.07 Å². The highest BCUT2D eigenvalue weighted by atomic mass is 16.3. The lowest BCUT2D eigenvalue weighted by molar-refractivity contribution is -0.127. The van der Waals surface area contributed by atoms with E-state index in [-0.39, 0.29) is 16.9 Å². The Bertz CT molecular complexity index is 669. The maximum atomic E-state index is 10.5. The Labute approximate surface area is 146 Å². The monoisotopic (exact) mass is 323 g/mol. The fourth-order valence-corrected chi connectivity index (χ4v) is 5.37. The molecule has 2 saturated carbocycles. The lowest BCUT2D eigenvalue weighted by Crippen LogP contribution is -2.53. The van der Waals surface area contributed by atoms with Gasteiger partial charge in [-0.3, -0.25) is 0 Å². The van der Waals surface area contributed by atoms with Crippen LogP contribution in [-0.4, -0.2) is 11.2 Å². The van der Waals surface area contributed by atoms with Crippen LogP contribution in [0.1, 0.15) is 64.0 Å². The maximum absolute atomic E-state index is 10.5. The quantitative estimate of drug-likeness (QED) is 0.815. The smallest absolute Gasteiger partial charge is 0.0997 e. The van der Waals surface area contributed by atoms with Crippen LogP contribution in [0.3, 0.4) is 0 Å². The Kier molecular flexibility index (Phi) is 4.58. The van der Waals surface area contributed by atoms with Crippen molar-refractivity contribution in [3.63, 3.8) is 0 Å². The van der Waals surface area contributed by atoms with Crippen LogP contribution >= 0.6 is 0 Å². The van der Waals surface area contributed by atoms with Gasteiger partial charge in [0.05, 0.1) is 17.7 Å². The molecule has 4 atom stereocenters. The summed E-state index contributed by atoms with van der Waals surface area (Å²) in [5.41, 5.74) is 2.00. The van der Waals surface area contributed by atoms with Gasteiger partial charge in [0.1, 0.15) is 0 Å². The Hall–Kier alpha value is -1.59. The predicted octanol–water partition coefficient (Wildman–Crippen LogP) is 5.17. The number of benzene rings is 1. The molecule has 2 aliphatic rings. The number of aliphatic hydroxyl groups is 1. The molecule has 1 N–H and O–H groups in total. The number of hydrogen-bond acceptors (Lipinski definition) is 2. The molecule has 1 aromatic rings.